The second-order valence-electron chi connectivity index (χ2n) is 8.04. The number of aryl methyl sites for hydroxylation is 1. The summed E-state index contributed by atoms with van der Waals surface area (Å²) in [5.41, 5.74) is 1.43. The standard InChI is InChI=1S/C20H22N6O5S2/c1-13-10-17(22-31-13)21-18(27)12-24-4-6-25(7-5-24)19(28)14-2-3-15-16(11-14)32-20-23-33(29,30)9-8-26(15)20/h2-3,10-11H,4-9,12H2,1H3,(H,21,22,27). The van der Waals surface area contributed by atoms with Gasteiger partial charge in [-0.15, -0.1) is 4.40 Å². The Morgan fingerprint density at radius 3 is 2.67 bits per heavy atom. The number of benzene rings is 1. The molecule has 0 saturated carbocycles. The van der Waals surface area contributed by atoms with Gasteiger partial charge in [-0.3, -0.25) is 14.5 Å². The van der Waals surface area contributed by atoms with Gasteiger partial charge < -0.3 is 19.6 Å². The Bertz CT molecular complexity index is 1250. The highest BCUT2D eigenvalue weighted by molar-refractivity contribution is 8.15. The molecule has 13 heteroatoms. The summed E-state index contributed by atoms with van der Waals surface area (Å²) in [5.74, 6) is 0.731. The second-order valence-corrected chi connectivity index (χ2v) is 10.8. The van der Waals surface area contributed by atoms with Crippen molar-refractivity contribution in [1.29, 1.82) is 0 Å². The summed E-state index contributed by atoms with van der Waals surface area (Å²) < 4.78 is 32.4. The molecule has 0 unspecified atom stereocenters. The first-order valence-corrected chi connectivity index (χ1v) is 12.9. The van der Waals surface area contributed by atoms with E-state index in [0.29, 0.717) is 55.0 Å². The van der Waals surface area contributed by atoms with Crippen LogP contribution < -0.4 is 10.2 Å². The van der Waals surface area contributed by atoms with Gasteiger partial charge in [0.05, 0.1) is 18.0 Å². The number of hydrogen-bond acceptors (Lipinski definition) is 9. The number of hydrogen-bond donors (Lipinski definition) is 1. The van der Waals surface area contributed by atoms with Gasteiger partial charge in [0, 0.05) is 49.2 Å². The largest absolute Gasteiger partial charge is 0.360 e. The van der Waals surface area contributed by atoms with Crippen molar-refractivity contribution in [1.82, 2.24) is 15.0 Å². The van der Waals surface area contributed by atoms with Crippen LogP contribution in [0.3, 0.4) is 0 Å². The predicted molar refractivity (Wildman–Crippen MR) is 123 cm³/mol. The van der Waals surface area contributed by atoms with Crippen LogP contribution in [0.4, 0.5) is 11.5 Å². The van der Waals surface area contributed by atoms with Crippen molar-refractivity contribution in [3.05, 3.63) is 35.6 Å². The number of amidine groups is 1. The van der Waals surface area contributed by atoms with Crippen LogP contribution in [0.2, 0.25) is 0 Å². The number of sulfonamides is 1. The maximum Gasteiger partial charge on any atom is 0.257 e. The van der Waals surface area contributed by atoms with Crippen molar-refractivity contribution in [2.75, 3.05) is 55.2 Å². The van der Waals surface area contributed by atoms with Crippen LogP contribution in [0.15, 0.2) is 38.1 Å². The van der Waals surface area contributed by atoms with E-state index in [0.717, 1.165) is 10.6 Å². The van der Waals surface area contributed by atoms with E-state index in [1.54, 1.807) is 30.0 Å². The number of nitrogens with zero attached hydrogens (tertiary/aromatic N) is 5. The summed E-state index contributed by atoms with van der Waals surface area (Å²) in [6.45, 7) is 4.51. The van der Waals surface area contributed by atoms with Gasteiger partial charge in [0.1, 0.15) is 5.76 Å². The summed E-state index contributed by atoms with van der Waals surface area (Å²) in [4.78, 5) is 31.7. The fourth-order valence-electron chi connectivity index (χ4n) is 3.97. The van der Waals surface area contributed by atoms with Crippen LogP contribution in [0.1, 0.15) is 16.1 Å². The van der Waals surface area contributed by atoms with E-state index in [4.69, 9.17) is 4.52 Å². The fraction of sp³-hybridized carbons (Fsp3) is 0.400. The van der Waals surface area contributed by atoms with Gasteiger partial charge >= 0.3 is 0 Å². The number of rotatable bonds is 4. The number of anilines is 2. The topological polar surface area (TPSA) is 128 Å². The zero-order valence-electron chi connectivity index (χ0n) is 17.9. The van der Waals surface area contributed by atoms with Crippen molar-refractivity contribution in [2.45, 2.75) is 11.8 Å². The molecule has 0 bridgehead atoms. The first kappa shape index (κ1) is 21.9. The van der Waals surface area contributed by atoms with Crippen molar-refractivity contribution in [3.8, 4) is 0 Å². The molecule has 0 spiro atoms. The highest BCUT2D eigenvalue weighted by Gasteiger charge is 2.34. The summed E-state index contributed by atoms with van der Waals surface area (Å²) in [5, 5.41) is 6.89. The number of piperazine rings is 1. The molecular formula is C20H22N6O5S2. The first-order chi connectivity index (χ1) is 15.8. The monoisotopic (exact) mass is 490 g/mol. The number of carbonyl (C=O) groups is 2. The predicted octanol–water partition coefficient (Wildman–Crippen LogP) is 0.991. The third kappa shape index (κ3) is 4.61. The lowest BCUT2D eigenvalue weighted by Crippen LogP contribution is -2.50. The third-order valence-electron chi connectivity index (χ3n) is 5.64. The molecule has 174 valence electrons. The van der Waals surface area contributed by atoms with Gasteiger partial charge in [-0.2, -0.15) is 0 Å². The molecular weight excluding hydrogens is 468 g/mol. The molecule has 2 aromatic rings. The van der Waals surface area contributed by atoms with E-state index in [2.05, 4.69) is 14.9 Å². The molecule has 11 nitrogen and oxygen atoms in total. The molecule has 1 saturated heterocycles. The molecule has 0 atom stereocenters. The number of carbonyl (C=O) groups excluding carboxylic acids is 2. The lowest BCUT2D eigenvalue weighted by atomic mass is 10.1. The van der Waals surface area contributed by atoms with E-state index < -0.39 is 10.0 Å². The Kier molecular flexibility index (Phi) is 5.62. The summed E-state index contributed by atoms with van der Waals surface area (Å²) in [6.07, 6.45) is 0. The Balaban J connectivity index is 1.18. The average Bonchev–Trinajstić information content (AvgIpc) is 3.34. The Morgan fingerprint density at radius 2 is 1.94 bits per heavy atom. The molecule has 3 aliphatic rings. The van der Waals surface area contributed by atoms with Crippen LogP contribution in [-0.2, 0) is 14.8 Å². The minimum absolute atomic E-state index is 0.0162. The number of fused-ring (bicyclic) bond motifs is 3. The average molecular weight is 491 g/mol. The minimum atomic E-state index is -3.42. The van der Waals surface area contributed by atoms with Crippen LogP contribution in [-0.4, -0.2) is 85.4 Å². The van der Waals surface area contributed by atoms with Gasteiger partial charge in [0.15, 0.2) is 11.0 Å². The Labute approximate surface area is 194 Å². The van der Waals surface area contributed by atoms with Crippen LogP contribution in [0, 0.1) is 6.92 Å². The minimum Gasteiger partial charge on any atom is -0.360 e. The summed E-state index contributed by atoms with van der Waals surface area (Å²) in [6, 6.07) is 7.08. The van der Waals surface area contributed by atoms with Crippen molar-refractivity contribution in [2.24, 2.45) is 4.40 Å². The van der Waals surface area contributed by atoms with Crippen LogP contribution >= 0.6 is 11.8 Å². The Hall–Kier alpha value is -2.90. The number of amides is 2. The molecule has 1 aromatic carbocycles. The lowest BCUT2D eigenvalue weighted by molar-refractivity contribution is -0.117. The first-order valence-electron chi connectivity index (χ1n) is 10.4. The van der Waals surface area contributed by atoms with Gasteiger partial charge in [-0.25, -0.2) is 8.42 Å². The Morgan fingerprint density at radius 1 is 1.15 bits per heavy atom. The van der Waals surface area contributed by atoms with E-state index in [1.807, 2.05) is 15.9 Å². The maximum absolute atomic E-state index is 13.0. The highest BCUT2D eigenvalue weighted by Crippen LogP contribution is 2.42. The van der Waals surface area contributed by atoms with E-state index in [1.165, 1.54) is 11.8 Å². The van der Waals surface area contributed by atoms with E-state index >= 15 is 0 Å². The smallest absolute Gasteiger partial charge is 0.257 e. The number of nitrogens with one attached hydrogen (secondary N) is 1. The van der Waals surface area contributed by atoms with Gasteiger partial charge in [-0.05, 0) is 36.9 Å². The highest BCUT2D eigenvalue weighted by atomic mass is 32.2. The normalized spacial score (nSPS) is 19.6. The molecule has 0 aliphatic carbocycles. The van der Waals surface area contributed by atoms with Crippen LogP contribution in [0.5, 0.6) is 0 Å². The van der Waals surface area contributed by atoms with Gasteiger partial charge in [0.2, 0.25) is 5.91 Å². The molecule has 4 heterocycles. The van der Waals surface area contributed by atoms with Crippen molar-refractivity contribution >= 4 is 50.3 Å². The van der Waals surface area contributed by atoms with E-state index in [-0.39, 0.29) is 24.1 Å². The maximum atomic E-state index is 13.0. The van der Waals surface area contributed by atoms with Gasteiger partial charge in [0.25, 0.3) is 15.9 Å². The molecule has 33 heavy (non-hydrogen) atoms. The molecule has 5 rings (SSSR count). The molecule has 1 fully saturated rings. The van der Waals surface area contributed by atoms with Crippen LogP contribution in [0.25, 0.3) is 0 Å². The number of thioether (sulfide) groups is 1. The molecule has 3 aliphatic heterocycles. The molecule has 1 N–H and O–H groups in total. The van der Waals surface area contributed by atoms with E-state index in [9.17, 15) is 18.0 Å². The molecule has 2 amide bonds. The quantitative estimate of drug-likeness (QED) is 0.667. The zero-order chi connectivity index (χ0) is 23.2. The number of aromatic nitrogens is 1. The zero-order valence-corrected chi connectivity index (χ0v) is 19.5. The SMILES string of the molecule is Cc1cc(NC(=O)CN2CCN(C(=O)c3ccc4c(c3)SC3=NS(=O)(=O)CCN34)CC2)no1. The molecule has 0 radical (unpaired) electrons. The summed E-state index contributed by atoms with van der Waals surface area (Å²) in [7, 11) is -3.42. The van der Waals surface area contributed by atoms with Crippen molar-refractivity contribution in [3.63, 3.8) is 0 Å². The third-order valence-corrected chi connectivity index (χ3v) is 7.95. The van der Waals surface area contributed by atoms with Gasteiger partial charge in [-0.1, -0.05) is 5.16 Å². The van der Waals surface area contributed by atoms with Crippen molar-refractivity contribution < 1.29 is 22.5 Å². The lowest BCUT2D eigenvalue weighted by Gasteiger charge is -2.34. The second kappa shape index (κ2) is 8.47. The molecule has 1 aromatic heterocycles. The summed E-state index contributed by atoms with van der Waals surface area (Å²) >= 11 is 1.27. The fourth-order valence-corrected chi connectivity index (χ4v) is 6.26.